The highest BCUT2D eigenvalue weighted by Gasteiger charge is 2.24. The van der Waals surface area contributed by atoms with E-state index in [1.54, 1.807) is 0 Å². The molecular weight excluding hydrogens is 158 g/mol. The second-order valence-corrected chi connectivity index (χ2v) is 3.13. The molecule has 5 heteroatoms. The first-order valence-electron chi connectivity index (χ1n) is 2.33. The van der Waals surface area contributed by atoms with Crippen molar-refractivity contribution in [3.05, 3.63) is 0 Å². The molecule has 3 nitrogen and oxygen atoms in total. The van der Waals surface area contributed by atoms with Crippen molar-refractivity contribution < 1.29 is 9.90 Å². The lowest BCUT2D eigenvalue weighted by atomic mass is 10.6. The Bertz CT molecular complexity index is 143. The third-order valence-corrected chi connectivity index (χ3v) is 2.41. The van der Waals surface area contributed by atoms with Crippen LogP contribution in [-0.2, 0) is 4.79 Å². The topological polar surface area (TPSA) is 40.5 Å². The summed E-state index contributed by atoms with van der Waals surface area (Å²) >= 11 is 6.01. The van der Waals surface area contributed by atoms with E-state index in [4.69, 9.17) is 17.3 Å². The van der Waals surface area contributed by atoms with Crippen LogP contribution in [0.15, 0.2) is 0 Å². The minimum Gasteiger partial charge on any atom is -0.376 e. The van der Waals surface area contributed by atoms with E-state index in [9.17, 15) is 4.79 Å². The van der Waals surface area contributed by atoms with Crippen molar-refractivity contribution in [3.8, 4) is 0 Å². The van der Waals surface area contributed by atoms with Gasteiger partial charge >= 0.3 is 0 Å². The highest BCUT2D eigenvalue weighted by atomic mass is 32.2. The fourth-order valence-corrected chi connectivity index (χ4v) is 1.57. The molecule has 1 amide bonds. The zero-order chi connectivity index (χ0) is 6.85. The van der Waals surface area contributed by atoms with Gasteiger partial charge in [-0.05, 0) is 0 Å². The molecule has 1 aliphatic rings. The number of amides is 1. The summed E-state index contributed by atoms with van der Waals surface area (Å²) in [5.74, 6) is 0.270. The zero-order valence-corrected chi connectivity index (χ0v) is 6.17. The highest BCUT2D eigenvalue weighted by Crippen LogP contribution is 2.17. The van der Waals surface area contributed by atoms with Gasteiger partial charge in [0.15, 0.2) is 0 Å². The fraction of sp³-hybridized carbons (Fsp3) is 0.500. The van der Waals surface area contributed by atoms with Gasteiger partial charge in [0.05, 0.1) is 5.75 Å². The lowest BCUT2D eigenvalue weighted by molar-refractivity contribution is -0.126. The third kappa shape index (κ3) is 1.23. The van der Waals surface area contributed by atoms with Crippen molar-refractivity contribution >= 4 is 34.2 Å². The first-order chi connectivity index (χ1) is 4.25. The van der Waals surface area contributed by atoms with Crippen LogP contribution in [0.2, 0.25) is 0 Å². The molecule has 1 N–H and O–H groups in total. The SMILES string of the molecule is O=C1CSC(=S)N1CO. The Morgan fingerprint density at radius 2 is 2.56 bits per heavy atom. The Kier molecular flexibility index (Phi) is 2.05. The minimum atomic E-state index is -0.287. The molecule has 1 saturated heterocycles. The summed E-state index contributed by atoms with van der Waals surface area (Å²) in [5, 5.41) is 8.51. The van der Waals surface area contributed by atoms with Gasteiger partial charge < -0.3 is 5.11 Å². The molecule has 0 bridgehead atoms. The lowest BCUT2D eigenvalue weighted by Crippen LogP contribution is -2.28. The maximum absolute atomic E-state index is 10.7. The predicted molar refractivity (Wildman–Crippen MR) is 39.0 cm³/mol. The maximum atomic E-state index is 10.7. The lowest BCUT2D eigenvalue weighted by Gasteiger charge is -2.08. The van der Waals surface area contributed by atoms with Gasteiger partial charge in [-0.2, -0.15) is 0 Å². The van der Waals surface area contributed by atoms with E-state index in [0.29, 0.717) is 10.1 Å². The summed E-state index contributed by atoms with van der Waals surface area (Å²) in [5.41, 5.74) is 0. The quantitative estimate of drug-likeness (QED) is 0.543. The van der Waals surface area contributed by atoms with Crippen LogP contribution in [0.3, 0.4) is 0 Å². The van der Waals surface area contributed by atoms with E-state index >= 15 is 0 Å². The molecule has 0 atom stereocenters. The first kappa shape index (κ1) is 6.98. The summed E-state index contributed by atoms with van der Waals surface area (Å²) < 4.78 is 0.475. The molecule has 50 valence electrons. The molecule has 1 rings (SSSR count). The normalized spacial score (nSPS) is 19.4. The van der Waals surface area contributed by atoms with Crippen LogP contribution in [0.25, 0.3) is 0 Å². The number of rotatable bonds is 1. The molecule has 0 aromatic heterocycles. The van der Waals surface area contributed by atoms with Gasteiger partial charge in [-0.15, -0.1) is 0 Å². The Labute approximate surface area is 62.0 Å². The van der Waals surface area contributed by atoms with Crippen molar-refractivity contribution in [1.29, 1.82) is 0 Å². The second-order valence-electron chi connectivity index (χ2n) is 1.52. The van der Waals surface area contributed by atoms with Crippen LogP contribution in [0.1, 0.15) is 0 Å². The van der Waals surface area contributed by atoms with Crippen LogP contribution in [0.4, 0.5) is 0 Å². The monoisotopic (exact) mass is 163 g/mol. The number of aliphatic hydroxyl groups excluding tert-OH is 1. The zero-order valence-electron chi connectivity index (χ0n) is 4.53. The average Bonchev–Trinajstić information content (AvgIpc) is 2.12. The number of hydrogen-bond acceptors (Lipinski definition) is 4. The molecule has 0 radical (unpaired) electrons. The predicted octanol–water partition coefficient (Wildman–Crippen LogP) is -0.203. The molecule has 1 aliphatic heterocycles. The van der Waals surface area contributed by atoms with E-state index in [0.717, 1.165) is 0 Å². The van der Waals surface area contributed by atoms with Crippen molar-refractivity contribution in [2.75, 3.05) is 12.5 Å². The summed E-state index contributed by atoms with van der Waals surface area (Å²) in [4.78, 5) is 11.9. The first-order valence-corrected chi connectivity index (χ1v) is 3.73. The van der Waals surface area contributed by atoms with E-state index in [2.05, 4.69) is 0 Å². The number of aliphatic hydroxyl groups is 1. The third-order valence-electron chi connectivity index (χ3n) is 0.982. The van der Waals surface area contributed by atoms with Crippen molar-refractivity contribution in [3.63, 3.8) is 0 Å². The van der Waals surface area contributed by atoms with Gasteiger partial charge in [0.2, 0.25) is 5.91 Å². The summed E-state index contributed by atoms with van der Waals surface area (Å²) in [7, 11) is 0. The van der Waals surface area contributed by atoms with Gasteiger partial charge in [0, 0.05) is 0 Å². The Morgan fingerprint density at radius 1 is 1.89 bits per heavy atom. The van der Waals surface area contributed by atoms with E-state index < -0.39 is 0 Å². The van der Waals surface area contributed by atoms with Gasteiger partial charge in [0.25, 0.3) is 0 Å². The van der Waals surface area contributed by atoms with Gasteiger partial charge in [-0.25, -0.2) is 0 Å². The molecule has 1 heterocycles. The fourth-order valence-electron chi connectivity index (χ4n) is 0.518. The number of carbonyl (C=O) groups excluding carboxylic acids is 1. The smallest absolute Gasteiger partial charge is 0.240 e. The van der Waals surface area contributed by atoms with Crippen molar-refractivity contribution in [2.24, 2.45) is 0 Å². The number of carbonyl (C=O) groups is 1. The molecule has 0 aromatic rings. The van der Waals surface area contributed by atoms with E-state index in [-0.39, 0.29) is 12.6 Å². The average molecular weight is 163 g/mol. The Balaban J connectivity index is 2.66. The van der Waals surface area contributed by atoms with Crippen LogP contribution in [0.5, 0.6) is 0 Å². The van der Waals surface area contributed by atoms with Crippen molar-refractivity contribution in [2.45, 2.75) is 0 Å². The second kappa shape index (κ2) is 2.64. The number of nitrogens with zero attached hydrogens (tertiary/aromatic N) is 1. The highest BCUT2D eigenvalue weighted by molar-refractivity contribution is 8.23. The minimum absolute atomic E-state index is 0.104. The van der Waals surface area contributed by atoms with Gasteiger partial charge in [0.1, 0.15) is 11.1 Å². The van der Waals surface area contributed by atoms with Crippen molar-refractivity contribution in [1.82, 2.24) is 4.90 Å². The molecule has 9 heavy (non-hydrogen) atoms. The molecule has 0 aliphatic carbocycles. The van der Waals surface area contributed by atoms with Crippen LogP contribution in [0, 0.1) is 0 Å². The molecule has 0 unspecified atom stereocenters. The van der Waals surface area contributed by atoms with E-state index in [1.165, 1.54) is 16.7 Å². The molecule has 0 aromatic carbocycles. The van der Waals surface area contributed by atoms with E-state index in [1.807, 2.05) is 0 Å². The van der Waals surface area contributed by atoms with Gasteiger partial charge in [-0.1, -0.05) is 24.0 Å². The largest absolute Gasteiger partial charge is 0.376 e. The van der Waals surface area contributed by atoms with Crippen LogP contribution in [-0.4, -0.2) is 32.7 Å². The summed E-state index contributed by atoms with van der Waals surface area (Å²) in [6, 6.07) is 0. The molecular formula is C4H5NO2S2. The molecule has 1 fully saturated rings. The summed E-state index contributed by atoms with van der Waals surface area (Å²) in [6.45, 7) is -0.287. The number of thioether (sulfide) groups is 1. The van der Waals surface area contributed by atoms with Gasteiger partial charge in [-0.3, -0.25) is 9.69 Å². The summed E-state index contributed by atoms with van der Waals surface area (Å²) in [6.07, 6.45) is 0. The molecule has 0 saturated carbocycles. The Morgan fingerprint density at radius 3 is 2.78 bits per heavy atom. The number of hydrogen-bond donors (Lipinski definition) is 1. The standard InChI is InChI=1S/C4H5NO2S2/c6-2-5-3(7)1-9-4(5)8/h6H,1-2H2. The maximum Gasteiger partial charge on any atom is 0.240 e. The molecule has 0 spiro atoms. The number of thiocarbonyl (C=S) groups is 1. The Hall–Kier alpha value is -0.130. The van der Waals surface area contributed by atoms with Crippen LogP contribution >= 0.6 is 24.0 Å². The van der Waals surface area contributed by atoms with Crippen LogP contribution < -0.4 is 0 Å².